The quantitative estimate of drug-likeness (QED) is 0.744. The third-order valence-electron chi connectivity index (χ3n) is 5.30. The predicted molar refractivity (Wildman–Crippen MR) is 99.0 cm³/mol. The van der Waals surface area contributed by atoms with E-state index in [-0.39, 0.29) is 22.3 Å². The lowest BCUT2D eigenvalue weighted by Gasteiger charge is -2.35. The zero-order chi connectivity index (χ0) is 19.2. The molecule has 0 saturated carbocycles. The van der Waals surface area contributed by atoms with E-state index >= 15 is 0 Å². The van der Waals surface area contributed by atoms with Crippen LogP contribution in [0.4, 0.5) is 8.78 Å². The van der Waals surface area contributed by atoms with Crippen molar-refractivity contribution in [3.63, 3.8) is 0 Å². The van der Waals surface area contributed by atoms with Crippen LogP contribution in [0.15, 0.2) is 36.5 Å². The maximum atomic E-state index is 14.9. The molecule has 1 aliphatic rings. The Kier molecular flexibility index (Phi) is 4.19. The van der Waals surface area contributed by atoms with Gasteiger partial charge in [0, 0.05) is 23.5 Å². The fourth-order valence-corrected chi connectivity index (χ4v) is 3.84. The minimum atomic E-state index is -0.760. The zero-order valence-electron chi connectivity index (χ0n) is 14.9. The Morgan fingerprint density at radius 1 is 1.30 bits per heavy atom. The lowest BCUT2D eigenvalue weighted by Crippen LogP contribution is -2.41. The van der Waals surface area contributed by atoms with Crippen LogP contribution in [0.2, 0.25) is 0 Å². The van der Waals surface area contributed by atoms with Gasteiger partial charge in [-0.1, -0.05) is 13.0 Å². The number of primary amides is 1. The molecule has 1 atom stereocenters. The number of nitrogens with one attached hydrogen (secondary N) is 1. The summed E-state index contributed by atoms with van der Waals surface area (Å²) in [4.78, 5) is 11.6. The lowest BCUT2D eigenvalue weighted by atomic mass is 9.76. The van der Waals surface area contributed by atoms with Crippen LogP contribution in [-0.2, 0) is 5.41 Å². The minimum absolute atomic E-state index is 0.00151. The Morgan fingerprint density at radius 2 is 2.11 bits per heavy atom. The Bertz CT molecular complexity index is 1040. The van der Waals surface area contributed by atoms with Crippen molar-refractivity contribution in [3.8, 4) is 5.69 Å². The van der Waals surface area contributed by atoms with Crippen LogP contribution in [0.3, 0.4) is 0 Å². The van der Waals surface area contributed by atoms with Crippen LogP contribution >= 0.6 is 0 Å². The first kappa shape index (κ1) is 17.6. The molecule has 7 heteroatoms. The van der Waals surface area contributed by atoms with Crippen LogP contribution in [0.5, 0.6) is 0 Å². The van der Waals surface area contributed by atoms with Gasteiger partial charge in [-0.2, -0.15) is 5.10 Å². The SMILES string of the molecule is C[C@@]1(c2ccc(-n3cc4cc(F)cc(C(N)=O)c4n3)cc2F)CCCNC1. The molecule has 0 aliphatic carbocycles. The maximum Gasteiger partial charge on any atom is 0.251 e. The van der Waals surface area contributed by atoms with E-state index in [9.17, 15) is 13.6 Å². The summed E-state index contributed by atoms with van der Waals surface area (Å²) in [7, 11) is 0. The van der Waals surface area contributed by atoms with Gasteiger partial charge in [0.25, 0.3) is 5.91 Å². The maximum absolute atomic E-state index is 14.9. The van der Waals surface area contributed by atoms with Gasteiger partial charge in [-0.05, 0) is 49.2 Å². The summed E-state index contributed by atoms with van der Waals surface area (Å²) in [5, 5.41) is 8.07. The van der Waals surface area contributed by atoms with E-state index in [2.05, 4.69) is 17.3 Å². The Hall–Kier alpha value is -2.80. The van der Waals surface area contributed by atoms with Crippen molar-refractivity contribution in [2.24, 2.45) is 5.73 Å². The van der Waals surface area contributed by atoms with Gasteiger partial charge >= 0.3 is 0 Å². The van der Waals surface area contributed by atoms with Crippen molar-refractivity contribution < 1.29 is 13.6 Å². The summed E-state index contributed by atoms with van der Waals surface area (Å²) in [6.07, 6.45) is 3.48. The third kappa shape index (κ3) is 3.08. The second-order valence-corrected chi connectivity index (χ2v) is 7.33. The van der Waals surface area contributed by atoms with Crippen molar-refractivity contribution in [2.45, 2.75) is 25.2 Å². The number of carbonyl (C=O) groups is 1. The molecule has 3 N–H and O–H groups in total. The molecular weight excluding hydrogens is 350 g/mol. The molecule has 1 aliphatic heterocycles. The van der Waals surface area contributed by atoms with E-state index in [0.717, 1.165) is 32.0 Å². The Balaban J connectivity index is 1.77. The highest BCUT2D eigenvalue weighted by atomic mass is 19.1. The topological polar surface area (TPSA) is 72.9 Å². The number of amides is 1. The molecule has 1 fully saturated rings. The van der Waals surface area contributed by atoms with Gasteiger partial charge in [0.05, 0.1) is 11.3 Å². The molecule has 140 valence electrons. The van der Waals surface area contributed by atoms with Crippen molar-refractivity contribution in [1.82, 2.24) is 15.1 Å². The number of hydrogen-bond donors (Lipinski definition) is 2. The number of hydrogen-bond acceptors (Lipinski definition) is 3. The van der Waals surface area contributed by atoms with Gasteiger partial charge in [-0.3, -0.25) is 4.79 Å². The highest BCUT2D eigenvalue weighted by molar-refractivity contribution is 6.04. The smallest absolute Gasteiger partial charge is 0.251 e. The zero-order valence-corrected chi connectivity index (χ0v) is 14.9. The minimum Gasteiger partial charge on any atom is -0.366 e. The van der Waals surface area contributed by atoms with E-state index in [1.165, 1.54) is 16.8 Å². The molecule has 4 rings (SSSR count). The normalized spacial score (nSPS) is 20.1. The summed E-state index contributed by atoms with van der Waals surface area (Å²) < 4.78 is 30.0. The molecule has 3 aromatic rings. The Labute approximate surface area is 155 Å². The first-order valence-electron chi connectivity index (χ1n) is 8.87. The van der Waals surface area contributed by atoms with Crippen LogP contribution in [0.1, 0.15) is 35.7 Å². The summed E-state index contributed by atoms with van der Waals surface area (Å²) in [6, 6.07) is 7.30. The number of halogens is 2. The lowest BCUT2D eigenvalue weighted by molar-refractivity contribution is 0.100. The van der Waals surface area contributed by atoms with Crippen LogP contribution in [-0.4, -0.2) is 28.8 Å². The van der Waals surface area contributed by atoms with Gasteiger partial charge in [-0.15, -0.1) is 0 Å². The van der Waals surface area contributed by atoms with E-state index in [1.807, 2.05) is 0 Å². The van der Waals surface area contributed by atoms with Crippen molar-refractivity contribution in [1.29, 1.82) is 0 Å². The molecule has 1 aromatic heterocycles. The fraction of sp³-hybridized carbons (Fsp3) is 0.300. The number of nitrogens with two attached hydrogens (primary N) is 1. The van der Waals surface area contributed by atoms with Gasteiger partial charge in [0.2, 0.25) is 0 Å². The average molecular weight is 370 g/mol. The monoisotopic (exact) mass is 370 g/mol. The highest BCUT2D eigenvalue weighted by Crippen LogP contribution is 2.33. The molecule has 2 heterocycles. The van der Waals surface area contributed by atoms with Crippen molar-refractivity contribution in [3.05, 3.63) is 59.3 Å². The number of piperidine rings is 1. The molecule has 27 heavy (non-hydrogen) atoms. The van der Waals surface area contributed by atoms with E-state index in [4.69, 9.17) is 5.73 Å². The van der Waals surface area contributed by atoms with Crippen LogP contribution in [0, 0.1) is 11.6 Å². The number of carbonyl (C=O) groups excluding carboxylic acids is 1. The second kappa shape index (κ2) is 6.42. The summed E-state index contributed by atoms with van der Waals surface area (Å²) >= 11 is 0. The summed E-state index contributed by atoms with van der Waals surface area (Å²) in [5.74, 6) is -1.64. The molecule has 1 saturated heterocycles. The molecule has 1 amide bonds. The molecule has 0 bridgehead atoms. The molecule has 0 spiro atoms. The first-order valence-corrected chi connectivity index (χ1v) is 8.87. The molecule has 2 aromatic carbocycles. The fourth-order valence-electron chi connectivity index (χ4n) is 3.84. The first-order chi connectivity index (χ1) is 12.9. The van der Waals surface area contributed by atoms with Gasteiger partial charge in [0.1, 0.15) is 17.2 Å². The average Bonchev–Trinajstić information content (AvgIpc) is 3.05. The van der Waals surface area contributed by atoms with Crippen LogP contribution < -0.4 is 11.1 Å². The molecule has 0 unspecified atom stereocenters. The number of aromatic nitrogens is 2. The van der Waals surface area contributed by atoms with E-state index in [0.29, 0.717) is 16.6 Å². The number of rotatable bonds is 3. The van der Waals surface area contributed by atoms with Crippen molar-refractivity contribution >= 4 is 16.8 Å². The van der Waals surface area contributed by atoms with Gasteiger partial charge in [0.15, 0.2) is 0 Å². The van der Waals surface area contributed by atoms with Gasteiger partial charge < -0.3 is 11.1 Å². The van der Waals surface area contributed by atoms with Crippen LogP contribution in [0.25, 0.3) is 16.6 Å². The molecular formula is C20H20F2N4O. The summed E-state index contributed by atoms with van der Waals surface area (Å²) in [6.45, 7) is 3.74. The number of benzene rings is 2. The summed E-state index contributed by atoms with van der Waals surface area (Å²) in [5.41, 5.74) is 6.52. The van der Waals surface area contributed by atoms with E-state index < -0.39 is 11.7 Å². The van der Waals surface area contributed by atoms with E-state index in [1.54, 1.807) is 18.3 Å². The van der Waals surface area contributed by atoms with Crippen molar-refractivity contribution in [2.75, 3.05) is 13.1 Å². The Morgan fingerprint density at radius 3 is 2.78 bits per heavy atom. The largest absolute Gasteiger partial charge is 0.366 e. The number of nitrogens with zero attached hydrogens (tertiary/aromatic N) is 2. The highest BCUT2D eigenvalue weighted by Gasteiger charge is 2.31. The standard InChI is InChI=1S/C20H20F2N4O/c1-20(5-2-6-24-11-20)16-4-3-14(9-17(16)22)26-10-12-7-13(21)8-15(19(23)27)18(12)25-26/h3-4,7-10,24H,2,5-6,11H2,1H3,(H2,23,27)/t20-/m1/s1. The van der Waals surface area contributed by atoms with Gasteiger partial charge in [-0.25, -0.2) is 13.5 Å². The third-order valence-corrected chi connectivity index (χ3v) is 5.30. The predicted octanol–water partition coefficient (Wildman–Crippen LogP) is 3.04. The molecule has 0 radical (unpaired) electrons. The molecule has 5 nitrogen and oxygen atoms in total. The second-order valence-electron chi connectivity index (χ2n) is 7.33. The number of fused-ring (bicyclic) bond motifs is 1.